The normalized spacial score (nSPS) is 12.1. The van der Waals surface area contributed by atoms with Crippen molar-refractivity contribution in [1.82, 2.24) is 0 Å². The molecule has 1 unspecified atom stereocenters. The number of rotatable bonds is 5. The third-order valence-corrected chi connectivity index (χ3v) is 4.17. The molecule has 3 heteroatoms. The fourth-order valence-corrected chi connectivity index (χ4v) is 2.67. The summed E-state index contributed by atoms with van der Waals surface area (Å²) in [5, 5.41) is 0.890. The standard InChI is InChI=1S/C15H14Br2O/c16-10-13(12-6-2-1-3-7-12)11-18-15-9-5-4-8-14(15)17/h1-9,13H,10-11H2. The second-order valence-electron chi connectivity index (χ2n) is 4.00. The van der Waals surface area contributed by atoms with Crippen molar-refractivity contribution in [2.75, 3.05) is 11.9 Å². The average Bonchev–Trinajstić information content (AvgIpc) is 2.42. The van der Waals surface area contributed by atoms with Crippen LogP contribution in [0.3, 0.4) is 0 Å². The maximum absolute atomic E-state index is 5.87. The Morgan fingerprint density at radius 2 is 1.61 bits per heavy atom. The summed E-state index contributed by atoms with van der Waals surface area (Å²) in [4.78, 5) is 0. The van der Waals surface area contributed by atoms with Crippen LogP contribution in [0.15, 0.2) is 59.1 Å². The highest BCUT2D eigenvalue weighted by atomic mass is 79.9. The first kappa shape index (κ1) is 13.6. The lowest BCUT2D eigenvalue weighted by molar-refractivity contribution is 0.296. The fourth-order valence-electron chi connectivity index (χ4n) is 1.71. The summed E-state index contributed by atoms with van der Waals surface area (Å²) in [6.07, 6.45) is 0. The summed E-state index contributed by atoms with van der Waals surface area (Å²) in [6, 6.07) is 18.3. The van der Waals surface area contributed by atoms with Crippen LogP contribution in [0.5, 0.6) is 5.75 Å². The van der Waals surface area contributed by atoms with Crippen LogP contribution >= 0.6 is 31.9 Å². The van der Waals surface area contributed by atoms with E-state index in [9.17, 15) is 0 Å². The van der Waals surface area contributed by atoms with Crippen molar-refractivity contribution in [2.45, 2.75) is 5.92 Å². The first-order valence-corrected chi connectivity index (χ1v) is 7.71. The molecule has 2 rings (SSSR count). The molecule has 0 saturated heterocycles. The smallest absolute Gasteiger partial charge is 0.133 e. The lowest BCUT2D eigenvalue weighted by Crippen LogP contribution is -2.11. The zero-order valence-corrected chi connectivity index (χ0v) is 13.0. The first-order chi connectivity index (χ1) is 8.81. The third-order valence-electron chi connectivity index (χ3n) is 2.73. The molecule has 0 aliphatic rings. The van der Waals surface area contributed by atoms with Crippen molar-refractivity contribution in [3.8, 4) is 5.75 Å². The van der Waals surface area contributed by atoms with Gasteiger partial charge < -0.3 is 4.74 Å². The second-order valence-corrected chi connectivity index (χ2v) is 5.51. The number of hydrogen-bond acceptors (Lipinski definition) is 1. The van der Waals surface area contributed by atoms with Gasteiger partial charge in [0.15, 0.2) is 0 Å². The Morgan fingerprint density at radius 1 is 0.944 bits per heavy atom. The molecule has 0 fully saturated rings. The molecule has 2 aromatic carbocycles. The largest absolute Gasteiger partial charge is 0.492 e. The Kier molecular flexibility index (Phi) is 5.26. The maximum Gasteiger partial charge on any atom is 0.133 e. The molecule has 1 nitrogen and oxygen atoms in total. The van der Waals surface area contributed by atoms with Gasteiger partial charge in [0.1, 0.15) is 5.75 Å². The molecule has 0 radical (unpaired) electrons. The summed E-state index contributed by atoms with van der Waals surface area (Å²) in [5.41, 5.74) is 1.29. The molecular weight excluding hydrogens is 356 g/mol. The summed E-state index contributed by atoms with van der Waals surface area (Å²) in [7, 11) is 0. The van der Waals surface area contributed by atoms with E-state index < -0.39 is 0 Å². The van der Waals surface area contributed by atoms with E-state index in [1.54, 1.807) is 0 Å². The SMILES string of the molecule is BrCC(COc1ccccc1Br)c1ccccc1. The van der Waals surface area contributed by atoms with Crippen molar-refractivity contribution >= 4 is 31.9 Å². The van der Waals surface area contributed by atoms with E-state index in [-0.39, 0.29) is 0 Å². The van der Waals surface area contributed by atoms with Crippen molar-refractivity contribution in [3.05, 3.63) is 64.6 Å². The van der Waals surface area contributed by atoms with E-state index in [0.717, 1.165) is 15.6 Å². The number of alkyl halides is 1. The number of hydrogen-bond donors (Lipinski definition) is 0. The van der Waals surface area contributed by atoms with Gasteiger partial charge in [-0.2, -0.15) is 0 Å². The molecule has 18 heavy (non-hydrogen) atoms. The molecule has 0 aromatic heterocycles. The van der Waals surface area contributed by atoms with E-state index in [2.05, 4.69) is 56.1 Å². The quantitative estimate of drug-likeness (QED) is 0.673. The predicted molar refractivity (Wildman–Crippen MR) is 82.6 cm³/mol. The Balaban J connectivity index is 2.02. The second kappa shape index (κ2) is 6.95. The monoisotopic (exact) mass is 368 g/mol. The van der Waals surface area contributed by atoms with Gasteiger partial charge in [-0.15, -0.1) is 0 Å². The highest BCUT2D eigenvalue weighted by molar-refractivity contribution is 9.10. The number of para-hydroxylation sites is 1. The van der Waals surface area contributed by atoms with Crippen LogP contribution in [-0.2, 0) is 0 Å². The topological polar surface area (TPSA) is 9.23 Å². The molecule has 0 heterocycles. The minimum atomic E-state index is 0.360. The molecule has 0 spiro atoms. The zero-order chi connectivity index (χ0) is 12.8. The van der Waals surface area contributed by atoms with Crippen molar-refractivity contribution in [3.63, 3.8) is 0 Å². The average molecular weight is 370 g/mol. The van der Waals surface area contributed by atoms with Crippen molar-refractivity contribution in [2.24, 2.45) is 0 Å². The molecule has 0 aliphatic heterocycles. The minimum Gasteiger partial charge on any atom is -0.492 e. The summed E-state index contributed by atoms with van der Waals surface area (Å²) < 4.78 is 6.86. The van der Waals surface area contributed by atoms with Gasteiger partial charge in [-0.1, -0.05) is 58.4 Å². The zero-order valence-electron chi connectivity index (χ0n) is 9.85. The van der Waals surface area contributed by atoms with Crippen LogP contribution in [0, 0.1) is 0 Å². The summed E-state index contributed by atoms with van der Waals surface area (Å²) in [5.74, 6) is 1.25. The Morgan fingerprint density at radius 3 is 2.28 bits per heavy atom. The minimum absolute atomic E-state index is 0.360. The summed E-state index contributed by atoms with van der Waals surface area (Å²) >= 11 is 7.04. The molecule has 94 valence electrons. The van der Waals surface area contributed by atoms with Crippen molar-refractivity contribution in [1.29, 1.82) is 0 Å². The molecule has 0 aliphatic carbocycles. The molecule has 0 bridgehead atoms. The molecule has 0 amide bonds. The summed E-state index contributed by atoms with van der Waals surface area (Å²) in [6.45, 7) is 0.665. The van der Waals surface area contributed by atoms with Gasteiger partial charge in [-0.3, -0.25) is 0 Å². The van der Waals surface area contributed by atoms with Gasteiger partial charge in [-0.05, 0) is 33.6 Å². The van der Waals surface area contributed by atoms with Crippen LogP contribution < -0.4 is 4.74 Å². The van der Waals surface area contributed by atoms with Gasteiger partial charge in [-0.25, -0.2) is 0 Å². The number of halogens is 2. The first-order valence-electron chi connectivity index (χ1n) is 5.79. The van der Waals surface area contributed by atoms with Crippen LogP contribution in [0.2, 0.25) is 0 Å². The number of benzene rings is 2. The van der Waals surface area contributed by atoms with E-state index in [1.807, 2.05) is 30.3 Å². The molecular formula is C15H14Br2O. The highest BCUT2D eigenvalue weighted by Gasteiger charge is 2.11. The Bertz CT molecular complexity index is 485. The highest BCUT2D eigenvalue weighted by Crippen LogP contribution is 2.26. The maximum atomic E-state index is 5.87. The van der Waals surface area contributed by atoms with E-state index in [0.29, 0.717) is 12.5 Å². The predicted octanol–water partition coefficient (Wildman–Crippen LogP) is 5.01. The lowest BCUT2D eigenvalue weighted by Gasteiger charge is -2.16. The van der Waals surface area contributed by atoms with E-state index in [4.69, 9.17) is 4.74 Å². The van der Waals surface area contributed by atoms with Crippen LogP contribution in [0.4, 0.5) is 0 Å². The molecule has 0 N–H and O–H groups in total. The van der Waals surface area contributed by atoms with Gasteiger partial charge in [0.05, 0.1) is 11.1 Å². The van der Waals surface area contributed by atoms with Gasteiger partial charge in [0.2, 0.25) is 0 Å². The van der Waals surface area contributed by atoms with Crippen LogP contribution in [0.25, 0.3) is 0 Å². The van der Waals surface area contributed by atoms with Crippen LogP contribution in [0.1, 0.15) is 11.5 Å². The lowest BCUT2D eigenvalue weighted by atomic mass is 10.0. The Hall–Kier alpha value is -0.800. The third kappa shape index (κ3) is 3.59. The van der Waals surface area contributed by atoms with Crippen LogP contribution in [-0.4, -0.2) is 11.9 Å². The van der Waals surface area contributed by atoms with Gasteiger partial charge in [0, 0.05) is 11.2 Å². The van der Waals surface area contributed by atoms with Gasteiger partial charge >= 0.3 is 0 Å². The molecule has 0 saturated carbocycles. The molecule has 1 atom stereocenters. The molecule has 2 aromatic rings. The van der Waals surface area contributed by atoms with E-state index in [1.165, 1.54) is 5.56 Å². The fraction of sp³-hybridized carbons (Fsp3) is 0.200. The number of ether oxygens (including phenoxy) is 1. The van der Waals surface area contributed by atoms with Gasteiger partial charge in [0.25, 0.3) is 0 Å². The van der Waals surface area contributed by atoms with Crippen molar-refractivity contribution < 1.29 is 4.74 Å². The van der Waals surface area contributed by atoms with E-state index >= 15 is 0 Å². The Labute approximate surface area is 124 Å².